The fourth-order valence-electron chi connectivity index (χ4n) is 2.65. The SMILES string of the molecule is O=C1N=Nc2nc(CNCc3ccc(Cl)c(Cl)c3)nc3cccc1c23. The fourth-order valence-corrected chi connectivity index (χ4v) is 2.98. The molecule has 6 nitrogen and oxygen atoms in total. The van der Waals surface area contributed by atoms with Crippen molar-refractivity contribution in [2.75, 3.05) is 0 Å². The van der Waals surface area contributed by atoms with Crippen molar-refractivity contribution in [3.63, 3.8) is 0 Å². The summed E-state index contributed by atoms with van der Waals surface area (Å²) in [5.74, 6) is 0.631. The van der Waals surface area contributed by atoms with Gasteiger partial charge >= 0.3 is 0 Å². The molecule has 1 amide bonds. The van der Waals surface area contributed by atoms with Crippen LogP contribution in [0.3, 0.4) is 0 Å². The number of azo groups is 1. The summed E-state index contributed by atoms with van der Waals surface area (Å²) in [7, 11) is 0. The lowest BCUT2D eigenvalue weighted by Crippen LogP contribution is -2.15. The highest BCUT2D eigenvalue weighted by Gasteiger charge is 2.19. The minimum Gasteiger partial charge on any atom is -0.306 e. The Morgan fingerprint density at radius 2 is 1.84 bits per heavy atom. The highest BCUT2D eigenvalue weighted by Crippen LogP contribution is 2.31. The second-order valence-corrected chi connectivity index (χ2v) is 6.33. The summed E-state index contributed by atoms with van der Waals surface area (Å²) in [6.45, 7) is 1.03. The zero-order valence-electron chi connectivity index (χ0n) is 12.8. The van der Waals surface area contributed by atoms with E-state index < -0.39 is 0 Å². The number of nitrogens with one attached hydrogen (secondary N) is 1. The summed E-state index contributed by atoms with van der Waals surface area (Å²) in [6, 6.07) is 10.8. The van der Waals surface area contributed by atoms with E-state index in [1.807, 2.05) is 18.2 Å². The summed E-state index contributed by atoms with van der Waals surface area (Å²) in [5.41, 5.74) is 2.17. The third-order valence-corrected chi connectivity index (χ3v) is 4.55. The highest BCUT2D eigenvalue weighted by atomic mass is 35.5. The van der Waals surface area contributed by atoms with Gasteiger partial charge in [-0.3, -0.25) is 4.79 Å². The highest BCUT2D eigenvalue weighted by molar-refractivity contribution is 6.42. The molecule has 0 atom stereocenters. The van der Waals surface area contributed by atoms with E-state index in [9.17, 15) is 4.79 Å². The molecule has 0 spiro atoms. The van der Waals surface area contributed by atoms with Crippen molar-refractivity contribution >= 4 is 45.8 Å². The van der Waals surface area contributed by atoms with Gasteiger partial charge in [0.25, 0.3) is 5.91 Å². The maximum Gasteiger partial charge on any atom is 0.296 e. The first-order valence-electron chi connectivity index (χ1n) is 7.52. The first kappa shape index (κ1) is 16.1. The quantitative estimate of drug-likeness (QED) is 0.733. The average molecular weight is 372 g/mol. The lowest BCUT2D eigenvalue weighted by Gasteiger charge is -2.11. The van der Waals surface area contributed by atoms with E-state index in [-0.39, 0.29) is 5.91 Å². The summed E-state index contributed by atoms with van der Waals surface area (Å²) < 4.78 is 0. The summed E-state index contributed by atoms with van der Waals surface area (Å²) in [6.07, 6.45) is 0. The van der Waals surface area contributed by atoms with Crippen LogP contribution in [0, 0.1) is 0 Å². The number of aromatic nitrogens is 2. The maximum absolute atomic E-state index is 11.8. The molecule has 0 unspecified atom stereocenters. The normalized spacial score (nSPS) is 12.8. The van der Waals surface area contributed by atoms with Gasteiger partial charge in [-0.1, -0.05) is 35.3 Å². The summed E-state index contributed by atoms with van der Waals surface area (Å²) in [4.78, 5) is 20.7. The molecule has 3 aromatic rings. The molecule has 1 aromatic heterocycles. The molecule has 1 N–H and O–H groups in total. The Labute approximate surface area is 152 Å². The number of halogens is 2. The molecule has 124 valence electrons. The van der Waals surface area contributed by atoms with Crippen LogP contribution in [0.25, 0.3) is 10.9 Å². The van der Waals surface area contributed by atoms with Crippen LogP contribution in [0.1, 0.15) is 21.7 Å². The van der Waals surface area contributed by atoms with Gasteiger partial charge in [0, 0.05) is 6.54 Å². The molecule has 8 heteroatoms. The molecule has 0 aliphatic carbocycles. The molecule has 0 fully saturated rings. The summed E-state index contributed by atoms with van der Waals surface area (Å²) >= 11 is 11.9. The molecule has 4 rings (SSSR count). The van der Waals surface area contributed by atoms with Gasteiger partial charge in [-0.15, -0.1) is 10.2 Å². The number of amides is 1. The lowest BCUT2D eigenvalue weighted by molar-refractivity contribution is 0.0995. The predicted octanol–water partition coefficient (Wildman–Crippen LogP) is 4.46. The Balaban J connectivity index is 1.56. The average Bonchev–Trinajstić information content (AvgIpc) is 2.61. The number of rotatable bonds is 4. The van der Waals surface area contributed by atoms with E-state index in [0.29, 0.717) is 51.2 Å². The van der Waals surface area contributed by atoms with E-state index in [2.05, 4.69) is 25.5 Å². The number of hydrogen-bond acceptors (Lipinski definition) is 5. The van der Waals surface area contributed by atoms with Crippen LogP contribution in [0.5, 0.6) is 0 Å². The second kappa shape index (κ2) is 6.48. The summed E-state index contributed by atoms with van der Waals surface area (Å²) in [5, 5.41) is 12.5. The molecule has 1 aliphatic heterocycles. The van der Waals surface area contributed by atoms with E-state index in [4.69, 9.17) is 23.2 Å². The van der Waals surface area contributed by atoms with Gasteiger partial charge in [0.2, 0.25) is 0 Å². The Morgan fingerprint density at radius 1 is 0.960 bits per heavy atom. The van der Waals surface area contributed by atoms with Gasteiger partial charge in [-0.2, -0.15) is 0 Å². The van der Waals surface area contributed by atoms with Crippen LogP contribution < -0.4 is 5.32 Å². The number of benzene rings is 2. The van der Waals surface area contributed by atoms with Crippen molar-refractivity contribution < 1.29 is 4.79 Å². The molecule has 0 radical (unpaired) electrons. The number of nitrogens with zero attached hydrogens (tertiary/aromatic N) is 4. The second-order valence-electron chi connectivity index (χ2n) is 5.52. The van der Waals surface area contributed by atoms with Crippen molar-refractivity contribution in [2.45, 2.75) is 13.1 Å². The molecule has 0 bridgehead atoms. The minimum atomic E-state index is -0.368. The van der Waals surface area contributed by atoms with Crippen LogP contribution in [0.2, 0.25) is 10.0 Å². The molecule has 2 aromatic carbocycles. The van der Waals surface area contributed by atoms with Crippen LogP contribution in [-0.2, 0) is 13.1 Å². The van der Waals surface area contributed by atoms with Gasteiger partial charge in [0.05, 0.1) is 33.1 Å². The minimum absolute atomic E-state index is 0.368. The fraction of sp³-hybridized carbons (Fsp3) is 0.118. The molecule has 0 saturated carbocycles. The van der Waals surface area contributed by atoms with Gasteiger partial charge in [-0.25, -0.2) is 9.97 Å². The maximum atomic E-state index is 11.8. The zero-order valence-corrected chi connectivity index (χ0v) is 14.3. The van der Waals surface area contributed by atoms with E-state index in [0.717, 1.165) is 5.56 Å². The molecule has 1 aliphatic rings. The van der Waals surface area contributed by atoms with Crippen molar-refractivity contribution in [1.82, 2.24) is 15.3 Å². The smallest absolute Gasteiger partial charge is 0.296 e. The van der Waals surface area contributed by atoms with E-state index in [1.54, 1.807) is 18.2 Å². The van der Waals surface area contributed by atoms with Gasteiger partial charge in [-0.05, 0) is 29.8 Å². The zero-order chi connectivity index (χ0) is 17.4. The van der Waals surface area contributed by atoms with Crippen LogP contribution >= 0.6 is 23.2 Å². The Bertz CT molecular complexity index is 1030. The first-order valence-corrected chi connectivity index (χ1v) is 8.28. The Morgan fingerprint density at radius 3 is 2.68 bits per heavy atom. The van der Waals surface area contributed by atoms with Gasteiger partial charge < -0.3 is 5.32 Å². The van der Waals surface area contributed by atoms with Gasteiger partial charge in [0.1, 0.15) is 5.82 Å². The van der Waals surface area contributed by atoms with Gasteiger partial charge in [0.15, 0.2) is 5.82 Å². The lowest BCUT2D eigenvalue weighted by atomic mass is 10.1. The topological polar surface area (TPSA) is 79.6 Å². The van der Waals surface area contributed by atoms with E-state index in [1.165, 1.54) is 0 Å². The number of carbonyl (C=O) groups excluding carboxylic acids is 1. The third kappa shape index (κ3) is 3.11. The largest absolute Gasteiger partial charge is 0.306 e. The number of hydrogen-bond donors (Lipinski definition) is 1. The monoisotopic (exact) mass is 371 g/mol. The molecular weight excluding hydrogens is 361 g/mol. The molecule has 2 heterocycles. The van der Waals surface area contributed by atoms with Crippen molar-refractivity contribution in [3.05, 3.63) is 63.4 Å². The molecule has 0 saturated heterocycles. The Hall–Kier alpha value is -2.41. The predicted molar refractivity (Wildman–Crippen MR) is 95.4 cm³/mol. The van der Waals surface area contributed by atoms with Crippen LogP contribution in [0.4, 0.5) is 5.82 Å². The molecular formula is C17H11Cl2N5O. The van der Waals surface area contributed by atoms with Crippen LogP contribution in [0.15, 0.2) is 46.6 Å². The standard InChI is InChI=1S/C17H11Cl2N5O/c18-11-5-4-9(6-12(11)19)7-20-8-14-21-13-3-1-2-10-15(13)16(22-14)23-24-17(10)25/h1-6,20H,7-8H2. The Kier molecular flexibility index (Phi) is 4.17. The third-order valence-electron chi connectivity index (χ3n) is 3.81. The van der Waals surface area contributed by atoms with Crippen molar-refractivity contribution in [3.8, 4) is 0 Å². The van der Waals surface area contributed by atoms with Crippen molar-refractivity contribution in [1.29, 1.82) is 0 Å². The number of carbonyl (C=O) groups is 1. The van der Waals surface area contributed by atoms with E-state index >= 15 is 0 Å². The van der Waals surface area contributed by atoms with Crippen molar-refractivity contribution in [2.24, 2.45) is 10.2 Å². The molecule has 25 heavy (non-hydrogen) atoms. The first-order chi connectivity index (χ1) is 12.1. The van der Waals surface area contributed by atoms with Crippen LogP contribution in [-0.4, -0.2) is 15.9 Å².